The third-order valence-electron chi connectivity index (χ3n) is 3.71. The van der Waals surface area contributed by atoms with E-state index in [9.17, 15) is 4.79 Å². The summed E-state index contributed by atoms with van der Waals surface area (Å²) in [5.74, 6) is 0.451. The summed E-state index contributed by atoms with van der Waals surface area (Å²) in [6, 6.07) is 1.74. The molecule has 7 nitrogen and oxygen atoms in total. The molecule has 3 rings (SSSR count). The molecule has 1 fully saturated rings. The number of aromatic nitrogens is 3. The first kappa shape index (κ1) is 15.2. The molecule has 0 radical (unpaired) electrons. The standard InChI is InChI=1S/C14H17BrN4O3/c1-8-7-22-9(2)5-18(8)13(20)10-4-11(21-3)12-16-14(15)17-19(12)6-10/h4,6,8-9H,5,7H2,1-3H3/t8-,9?/m1/s1. The molecule has 22 heavy (non-hydrogen) atoms. The first-order valence-electron chi connectivity index (χ1n) is 7.02. The van der Waals surface area contributed by atoms with E-state index in [1.165, 1.54) is 0 Å². The van der Waals surface area contributed by atoms with Crippen LogP contribution in [0.3, 0.4) is 0 Å². The highest BCUT2D eigenvalue weighted by Gasteiger charge is 2.29. The van der Waals surface area contributed by atoms with Crippen molar-refractivity contribution in [3.05, 3.63) is 22.6 Å². The highest BCUT2D eigenvalue weighted by molar-refractivity contribution is 9.10. The van der Waals surface area contributed by atoms with E-state index in [2.05, 4.69) is 26.0 Å². The molecular formula is C14H17BrN4O3. The number of hydrogen-bond donors (Lipinski definition) is 0. The normalized spacial score (nSPS) is 22.1. The smallest absolute Gasteiger partial charge is 0.255 e. The number of nitrogens with zero attached hydrogens (tertiary/aromatic N) is 4. The van der Waals surface area contributed by atoms with Crippen LogP contribution in [0, 0.1) is 0 Å². The molecule has 0 saturated carbocycles. The molecule has 8 heteroatoms. The zero-order valence-electron chi connectivity index (χ0n) is 12.6. The summed E-state index contributed by atoms with van der Waals surface area (Å²) in [7, 11) is 1.55. The summed E-state index contributed by atoms with van der Waals surface area (Å²) in [6.07, 6.45) is 1.71. The van der Waals surface area contributed by atoms with E-state index in [1.54, 1.807) is 23.9 Å². The lowest BCUT2D eigenvalue weighted by atomic mass is 10.1. The lowest BCUT2D eigenvalue weighted by Gasteiger charge is -2.36. The van der Waals surface area contributed by atoms with Gasteiger partial charge in [0.25, 0.3) is 5.91 Å². The van der Waals surface area contributed by atoms with Crippen molar-refractivity contribution in [1.29, 1.82) is 0 Å². The topological polar surface area (TPSA) is 69.0 Å². The minimum absolute atomic E-state index is 0.0336. The van der Waals surface area contributed by atoms with Crippen LogP contribution in [0.25, 0.3) is 5.65 Å². The van der Waals surface area contributed by atoms with Crippen molar-refractivity contribution in [2.24, 2.45) is 0 Å². The Kier molecular flexibility index (Phi) is 4.05. The molecule has 118 valence electrons. The number of halogens is 1. The van der Waals surface area contributed by atoms with E-state index in [0.717, 1.165) is 0 Å². The first-order chi connectivity index (χ1) is 10.5. The van der Waals surface area contributed by atoms with Crippen LogP contribution in [0.2, 0.25) is 0 Å². The summed E-state index contributed by atoms with van der Waals surface area (Å²) in [6.45, 7) is 5.05. The van der Waals surface area contributed by atoms with Crippen molar-refractivity contribution in [2.45, 2.75) is 26.0 Å². The van der Waals surface area contributed by atoms with Crippen LogP contribution in [0.15, 0.2) is 17.0 Å². The summed E-state index contributed by atoms with van der Waals surface area (Å²) in [4.78, 5) is 18.9. The molecule has 3 heterocycles. The van der Waals surface area contributed by atoms with Gasteiger partial charge in [0.15, 0.2) is 11.4 Å². The predicted octanol–water partition coefficient (Wildman–Crippen LogP) is 1.75. The molecule has 1 unspecified atom stereocenters. The average Bonchev–Trinajstić information content (AvgIpc) is 2.88. The number of carbonyl (C=O) groups is 1. The van der Waals surface area contributed by atoms with Gasteiger partial charge in [0.1, 0.15) is 0 Å². The van der Waals surface area contributed by atoms with Gasteiger partial charge >= 0.3 is 0 Å². The summed E-state index contributed by atoms with van der Waals surface area (Å²) < 4.78 is 12.9. The minimum atomic E-state index is -0.0607. The quantitative estimate of drug-likeness (QED) is 0.807. The molecule has 0 aliphatic carbocycles. The summed E-state index contributed by atoms with van der Waals surface area (Å²) in [5, 5.41) is 4.19. The largest absolute Gasteiger partial charge is 0.493 e. The van der Waals surface area contributed by atoms with Gasteiger partial charge in [0.2, 0.25) is 4.73 Å². The first-order valence-corrected chi connectivity index (χ1v) is 7.81. The van der Waals surface area contributed by atoms with Gasteiger partial charge in [-0.3, -0.25) is 4.79 Å². The van der Waals surface area contributed by atoms with E-state index in [-0.39, 0.29) is 18.1 Å². The Morgan fingerprint density at radius 1 is 1.50 bits per heavy atom. The van der Waals surface area contributed by atoms with Gasteiger partial charge in [-0.05, 0) is 35.8 Å². The van der Waals surface area contributed by atoms with Gasteiger partial charge in [-0.2, -0.15) is 4.98 Å². The van der Waals surface area contributed by atoms with Gasteiger partial charge in [-0.25, -0.2) is 4.52 Å². The lowest BCUT2D eigenvalue weighted by Crippen LogP contribution is -2.50. The van der Waals surface area contributed by atoms with Crippen LogP contribution in [0.4, 0.5) is 0 Å². The molecule has 0 N–H and O–H groups in total. The van der Waals surface area contributed by atoms with Crippen LogP contribution in [-0.2, 0) is 4.74 Å². The second-order valence-electron chi connectivity index (χ2n) is 5.40. The number of methoxy groups -OCH3 is 1. The Hall–Kier alpha value is -1.67. The van der Waals surface area contributed by atoms with Gasteiger partial charge in [0, 0.05) is 12.7 Å². The third-order valence-corrected chi connectivity index (χ3v) is 4.05. The number of amides is 1. The van der Waals surface area contributed by atoms with E-state index < -0.39 is 0 Å². The third kappa shape index (κ3) is 2.68. The number of hydrogen-bond acceptors (Lipinski definition) is 5. The molecular weight excluding hydrogens is 352 g/mol. The van der Waals surface area contributed by atoms with Crippen LogP contribution in [-0.4, -0.2) is 57.8 Å². The van der Waals surface area contributed by atoms with Crippen molar-refractivity contribution in [2.75, 3.05) is 20.3 Å². The van der Waals surface area contributed by atoms with E-state index in [0.29, 0.717) is 34.8 Å². The molecule has 1 saturated heterocycles. The maximum absolute atomic E-state index is 12.8. The highest BCUT2D eigenvalue weighted by Crippen LogP contribution is 2.23. The lowest BCUT2D eigenvalue weighted by molar-refractivity contribution is -0.0387. The number of rotatable bonds is 2. The molecule has 1 aliphatic heterocycles. The second kappa shape index (κ2) is 5.85. The molecule has 1 amide bonds. The van der Waals surface area contributed by atoms with Crippen LogP contribution in [0.5, 0.6) is 5.75 Å². The molecule has 2 aromatic heterocycles. The zero-order chi connectivity index (χ0) is 15.9. The van der Waals surface area contributed by atoms with Crippen LogP contribution >= 0.6 is 15.9 Å². The second-order valence-corrected chi connectivity index (χ2v) is 6.11. The van der Waals surface area contributed by atoms with Gasteiger partial charge in [-0.15, -0.1) is 5.10 Å². The maximum Gasteiger partial charge on any atom is 0.255 e. The van der Waals surface area contributed by atoms with Crippen molar-refractivity contribution in [1.82, 2.24) is 19.5 Å². The number of carbonyl (C=O) groups excluding carboxylic acids is 1. The van der Waals surface area contributed by atoms with Crippen molar-refractivity contribution >= 4 is 27.5 Å². The molecule has 2 atom stereocenters. The number of ether oxygens (including phenoxy) is 2. The number of pyridine rings is 1. The zero-order valence-corrected chi connectivity index (χ0v) is 14.2. The SMILES string of the molecule is COc1cc(C(=O)N2CC(C)OC[C@H]2C)cn2nc(Br)nc12. The van der Waals surface area contributed by atoms with Gasteiger partial charge in [-0.1, -0.05) is 0 Å². The highest BCUT2D eigenvalue weighted by atomic mass is 79.9. The van der Waals surface area contributed by atoms with Crippen molar-refractivity contribution < 1.29 is 14.3 Å². The average molecular weight is 369 g/mol. The molecule has 2 aromatic rings. The summed E-state index contributed by atoms with van der Waals surface area (Å²) >= 11 is 3.23. The summed E-state index contributed by atoms with van der Waals surface area (Å²) in [5.41, 5.74) is 1.08. The van der Waals surface area contributed by atoms with E-state index in [4.69, 9.17) is 9.47 Å². The fourth-order valence-corrected chi connectivity index (χ4v) is 2.89. The van der Waals surface area contributed by atoms with Crippen LogP contribution in [0.1, 0.15) is 24.2 Å². The molecule has 0 bridgehead atoms. The maximum atomic E-state index is 12.8. The minimum Gasteiger partial charge on any atom is -0.493 e. The molecule has 1 aliphatic rings. The Labute approximate surface area is 136 Å². The number of fused-ring (bicyclic) bond motifs is 1. The number of morpholine rings is 1. The Bertz CT molecular complexity index is 717. The monoisotopic (exact) mass is 368 g/mol. The Morgan fingerprint density at radius 2 is 2.27 bits per heavy atom. The Balaban J connectivity index is 1.99. The van der Waals surface area contributed by atoms with Gasteiger partial charge < -0.3 is 14.4 Å². The molecule has 0 aromatic carbocycles. The Morgan fingerprint density at radius 3 is 3.00 bits per heavy atom. The van der Waals surface area contributed by atoms with Gasteiger partial charge in [0.05, 0.1) is 31.4 Å². The van der Waals surface area contributed by atoms with Crippen molar-refractivity contribution in [3.8, 4) is 5.75 Å². The van der Waals surface area contributed by atoms with Crippen LogP contribution < -0.4 is 4.74 Å². The molecule has 0 spiro atoms. The predicted molar refractivity (Wildman–Crippen MR) is 83.2 cm³/mol. The fraction of sp³-hybridized carbons (Fsp3) is 0.500. The van der Waals surface area contributed by atoms with E-state index in [1.807, 2.05) is 18.7 Å². The fourth-order valence-electron chi connectivity index (χ4n) is 2.55. The van der Waals surface area contributed by atoms with Crippen molar-refractivity contribution in [3.63, 3.8) is 0 Å². The van der Waals surface area contributed by atoms with E-state index >= 15 is 0 Å².